The van der Waals surface area contributed by atoms with Crippen molar-refractivity contribution in [1.82, 2.24) is 5.32 Å². The van der Waals surface area contributed by atoms with Gasteiger partial charge in [0.25, 0.3) is 5.69 Å². The Hall–Kier alpha value is -1.91. The van der Waals surface area contributed by atoms with Gasteiger partial charge in [-0.1, -0.05) is 41.9 Å². The summed E-state index contributed by atoms with van der Waals surface area (Å²) in [6.07, 6.45) is 0. The number of nitro groups is 1. The van der Waals surface area contributed by atoms with E-state index < -0.39 is 0 Å². The highest BCUT2D eigenvalue weighted by atomic mass is 35.5. The Morgan fingerprint density at radius 3 is 2.45 bits per heavy atom. The van der Waals surface area contributed by atoms with Crippen molar-refractivity contribution in [2.24, 2.45) is 0 Å². The molecular weight excluding hydrogens is 276 g/mol. The Kier molecular flexibility index (Phi) is 4.71. The van der Waals surface area contributed by atoms with Crippen LogP contribution >= 0.6 is 11.6 Å². The molecule has 0 heterocycles. The monoisotopic (exact) mass is 290 g/mol. The van der Waals surface area contributed by atoms with Crippen LogP contribution < -0.4 is 5.32 Å². The number of nitro benzene ring substituents is 1. The summed E-state index contributed by atoms with van der Waals surface area (Å²) in [7, 11) is 0. The van der Waals surface area contributed by atoms with Crippen LogP contribution in [-0.2, 0) is 13.1 Å². The average Bonchev–Trinajstić information content (AvgIpc) is 2.42. The lowest BCUT2D eigenvalue weighted by Gasteiger charge is -2.09. The molecule has 0 fully saturated rings. The Balaban J connectivity index is 2.03. The van der Waals surface area contributed by atoms with Crippen LogP contribution in [0.1, 0.15) is 16.7 Å². The van der Waals surface area contributed by atoms with Gasteiger partial charge in [-0.05, 0) is 24.1 Å². The lowest BCUT2D eigenvalue weighted by atomic mass is 10.1. The number of rotatable bonds is 5. The van der Waals surface area contributed by atoms with Crippen molar-refractivity contribution in [2.75, 3.05) is 0 Å². The van der Waals surface area contributed by atoms with Gasteiger partial charge in [0.1, 0.15) is 0 Å². The van der Waals surface area contributed by atoms with E-state index in [0.29, 0.717) is 18.7 Å². The predicted molar refractivity (Wildman–Crippen MR) is 79.8 cm³/mol. The topological polar surface area (TPSA) is 55.2 Å². The third-order valence-corrected chi connectivity index (χ3v) is 3.57. The molecule has 0 atom stereocenters. The minimum atomic E-state index is -0.354. The second-order valence-electron chi connectivity index (χ2n) is 4.51. The van der Waals surface area contributed by atoms with Crippen LogP contribution in [0.4, 0.5) is 5.69 Å². The maximum atomic E-state index is 10.9. The van der Waals surface area contributed by atoms with E-state index in [4.69, 9.17) is 11.6 Å². The molecular formula is C15H15ClN2O2. The number of benzene rings is 2. The lowest BCUT2D eigenvalue weighted by molar-refractivity contribution is -0.385. The van der Waals surface area contributed by atoms with Crippen LogP contribution in [0, 0.1) is 17.0 Å². The zero-order valence-corrected chi connectivity index (χ0v) is 11.9. The molecule has 0 saturated carbocycles. The molecule has 2 aromatic rings. The molecule has 4 nitrogen and oxygen atoms in total. The van der Waals surface area contributed by atoms with E-state index in [1.165, 1.54) is 6.07 Å². The van der Waals surface area contributed by atoms with Crippen LogP contribution in [0.25, 0.3) is 0 Å². The Morgan fingerprint density at radius 2 is 1.75 bits per heavy atom. The summed E-state index contributed by atoms with van der Waals surface area (Å²) in [5.74, 6) is 0. The van der Waals surface area contributed by atoms with Crippen LogP contribution in [0.5, 0.6) is 0 Å². The molecule has 20 heavy (non-hydrogen) atoms. The zero-order valence-electron chi connectivity index (χ0n) is 11.1. The highest BCUT2D eigenvalue weighted by molar-refractivity contribution is 6.31. The van der Waals surface area contributed by atoms with Gasteiger partial charge in [0.15, 0.2) is 0 Å². The van der Waals surface area contributed by atoms with Gasteiger partial charge in [0.2, 0.25) is 0 Å². The SMILES string of the molecule is Cc1c(CNCc2ccccc2Cl)cccc1[N+](=O)[O-]. The van der Waals surface area contributed by atoms with Crippen LogP contribution in [0.2, 0.25) is 5.02 Å². The molecule has 0 saturated heterocycles. The van der Waals surface area contributed by atoms with Gasteiger partial charge < -0.3 is 5.32 Å². The van der Waals surface area contributed by atoms with E-state index >= 15 is 0 Å². The van der Waals surface area contributed by atoms with Crippen LogP contribution in [-0.4, -0.2) is 4.92 Å². The first-order valence-electron chi connectivity index (χ1n) is 6.26. The molecule has 0 unspecified atom stereocenters. The van der Waals surface area contributed by atoms with Gasteiger partial charge in [-0.3, -0.25) is 10.1 Å². The third kappa shape index (κ3) is 3.35. The van der Waals surface area contributed by atoms with Gasteiger partial charge >= 0.3 is 0 Å². The molecule has 0 spiro atoms. The van der Waals surface area contributed by atoms with Gasteiger partial charge in [0.05, 0.1) is 4.92 Å². The Bertz CT molecular complexity index is 629. The molecule has 5 heteroatoms. The fourth-order valence-electron chi connectivity index (χ4n) is 2.03. The zero-order chi connectivity index (χ0) is 14.5. The fraction of sp³-hybridized carbons (Fsp3) is 0.200. The van der Waals surface area contributed by atoms with E-state index in [1.807, 2.05) is 30.3 Å². The number of hydrogen-bond acceptors (Lipinski definition) is 3. The Labute approximate surface area is 122 Å². The van der Waals surface area contributed by atoms with E-state index in [1.54, 1.807) is 13.0 Å². The number of nitrogens with one attached hydrogen (secondary N) is 1. The summed E-state index contributed by atoms with van der Waals surface area (Å²) < 4.78 is 0. The van der Waals surface area contributed by atoms with Crippen molar-refractivity contribution < 1.29 is 4.92 Å². The van der Waals surface area contributed by atoms with Crippen LogP contribution in [0.15, 0.2) is 42.5 Å². The summed E-state index contributed by atoms with van der Waals surface area (Å²) in [5, 5.41) is 14.9. The molecule has 1 N–H and O–H groups in total. The molecule has 104 valence electrons. The summed E-state index contributed by atoms with van der Waals surface area (Å²) in [5.41, 5.74) is 2.79. The minimum absolute atomic E-state index is 0.155. The van der Waals surface area contributed by atoms with Crippen molar-refractivity contribution in [3.05, 3.63) is 74.3 Å². The van der Waals surface area contributed by atoms with Gasteiger partial charge in [0, 0.05) is 29.7 Å². The molecule has 0 amide bonds. The van der Waals surface area contributed by atoms with Crippen LogP contribution in [0.3, 0.4) is 0 Å². The lowest BCUT2D eigenvalue weighted by Crippen LogP contribution is -2.14. The third-order valence-electron chi connectivity index (χ3n) is 3.20. The van der Waals surface area contributed by atoms with E-state index in [2.05, 4.69) is 5.32 Å². The number of hydrogen-bond donors (Lipinski definition) is 1. The molecule has 0 bridgehead atoms. The van der Waals surface area contributed by atoms with Crippen molar-refractivity contribution >= 4 is 17.3 Å². The second-order valence-corrected chi connectivity index (χ2v) is 4.92. The number of halogens is 1. The average molecular weight is 291 g/mol. The molecule has 0 aliphatic rings. The second kappa shape index (κ2) is 6.50. The van der Waals surface area contributed by atoms with Crippen molar-refractivity contribution in [1.29, 1.82) is 0 Å². The highest BCUT2D eigenvalue weighted by Gasteiger charge is 2.12. The quantitative estimate of drug-likeness (QED) is 0.672. The minimum Gasteiger partial charge on any atom is -0.309 e. The van der Waals surface area contributed by atoms with Gasteiger partial charge in [-0.15, -0.1) is 0 Å². The maximum Gasteiger partial charge on any atom is 0.272 e. The van der Waals surface area contributed by atoms with E-state index in [9.17, 15) is 10.1 Å². The standard InChI is InChI=1S/C15H15ClN2O2/c1-11-12(6-4-8-15(11)18(19)20)9-17-10-13-5-2-3-7-14(13)16/h2-8,17H,9-10H2,1H3. The molecule has 0 aliphatic carbocycles. The Morgan fingerprint density at radius 1 is 1.10 bits per heavy atom. The molecule has 2 aromatic carbocycles. The summed E-state index contributed by atoms with van der Waals surface area (Å²) in [6.45, 7) is 2.96. The number of nitrogens with zero attached hydrogens (tertiary/aromatic N) is 1. The highest BCUT2D eigenvalue weighted by Crippen LogP contribution is 2.21. The molecule has 0 aliphatic heterocycles. The molecule has 2 rings (SSSR count). The first kappa shape index (κ1) is 14.5. The van der Waals surface area contributed by atoms with Crippen molar-refractivity contribution in [3.63, 3.8) is 0 Å². The molecule has 0 radical (unpaired) electrons. The summed E-state index contributed by atoms with van der Waals surface area (Å²) >= 11 is 6.07. The molecule has 0 aromatic heterocycles. The largest absolute Gasteiger partial charge is 0.309 e. The van der Waals surface area contributed by atoms with Gasteiger partial charge in [-0.2, -0.15) is 0 Å². The first-order valence-corrected chi connectivity index (χ1v) is 6.64. The first-order chi connectivity index (χ1) is 9.59. The van der Waals surface area contributed by atoms with Crippen molar-refractivity contribution in [2.45, 2.75) is 20.0 Å². The summed E-state index contributed by atoms with van der Waals surface area (Å²) in [4.78, 5) is 10.5. The normalized spacial score (nSPS) is 10.5. The summed E-state index contributed by atoms with van der Waals surface area (Å²) in [6, 6.07) is 12.7. The van der Waals surface area contributed by atoms with Gasteiger partial charge in [-0.25, -0.2) is 0 Å². The fourth-order valence-corrected chi connectivity index (χ4v) is 2.24. The van der Waals surface area contributed by atoms with E-state index in [-0.39, 0.29) is 10.6 Å². The van der Waals surface area contributed by atoms with Crippen molar-refractivity contribution in [3.8, 4) is 0 Å². The smallest absolute Gasteiger partial charge is 0.272 e. The predicted octanol–water partition coefficient (Wildman–Crippen LogP) is 3.85. The maximum absolute atomic E-state index is 10.9. The van der Waals surface area contributed by atoms with E-state index in [0.717, 1.165) is 16.1 Å².